The number of morpholine rings is 1. The molecule has 2 aliphatic heterocycles. The van der Waals surface area contributed by atoms with Crippen molar-refractivity contribution in [2.75, 3.05) is 45.9 Å². The van der Waals surface area contributed by atoms with E-state index in [1.165, 1.54) is 12.1 Å². The van der Waals surface area contributed by atoms with E-state index in [0.29, 0.717) is 37.7 Å². The molecule has 2 aliphatic rings. The molecule has 0 unspecified atom stereocenters. The lowest BCUT2D eigenvalue weighted by atomic mass is 9.97. The van der Waals surface area contributed by atoms with Gasteiger partial charge in [0.2, 0.25) is 0 Å². The van der Waals surface area contributed by atoms with Crippen molar-refractivity contribution >= 4 is 5.91 Å². The second-order valence-electron chi connectivity index (χ2n) is 9.74. The summed E-state index contributed by atoms with van der Waals surface area (Å²) < 4.78 is 21.5. The molecular formula is C27H36FN3O3. The van der Waals surface area contributed by atoms with Gasteiger partial charge in [0.05, 0.1) is 13.2 Å². The Morgan fingerprint density at radius 1 is 1.15 bits per heavy atom. The molecule has 1 atom stereocenters. The molecule has 2 fully saturated rings. The summed E-state index contributed by atoms with van der Waals surface area (Å²) in [5.41, 5.74) is 2.29. The molecule has 0 radical (unpaired) electrons. The standard InChI is InChI=1S/C27H36FN3O3/c1-20-6-4-10-30(19-20)27(33)26-24(18-22-7-3-8-23(28)17-22)31(21(2)16-25(26)32)11-5-9-29-12-14-34-15-13-29/h3,7-8,16-17,20H,4-6,9-15,18-19H2,1-2H3/t20-/m0/s1. The van der Waals surface area contributed by atoms with Crippen LogP contribution in [0, 0.1) is 18.7 Å². The lowest BCUT2D eigenvalue weighted by molar-refractivity contribution is 0.0369. The number of piperidine rings is 1. The van der Waals surface area contributed by atoms with E-state index in [2.05, 4.69) is 16.4 Å². The number of halogens is 1. The number of benzene rings is 1. The number of carbonyl (C=O) groups excluding carboxylic acids is 1. The SMILES string of the molecule is Cc1cc(=O)c(C(=O)N2CCC[C@H](C)C2)c(Cc2cccc(F)c2)n1CCCN1CCOCC1. The first kappa shape index (κ1) is 24.6. The zero-order chi connectivity index (χ0) is 24.1. The molecular weight excluding hydrogens is 433 g/mol. The van der Waals surface area contributed by atoms with Gasteiger partial charge in [-0.25, -0.2) is 4.39 Å². The zero-order valence-electron chi connectivity index (χ0n) is 20.4. The molecule has 2 aromatic rings. The molecule has 184 valence electrons. The van der Waals surface area contributed by atoms with Gasteiger partial charge in [-0.15, -0.1) is 0 Å². The van der Waals surface area contributed by atoms with Crippen molar-refractivity contribution in [3.63, 3.8) is 0 Å². The number of ether oxygens (including phenoxy) is 1. The van der Waals surface area contributed by atoms with Crippen molar-refractivity contribution in [3.05, 3.63) is 68.9 Å². The Morgan fingerprint density at radius 3 is 2.68 bits per heavy atom. The summed E-state index contributed by atoms with van der Waals surface area (Å²) in [7, 11) is 0. The van der Waals surface area contributed by atoms with Crippen molar-refractivity contribution < 1.29 is 13.9 Å². The van der Waals surface area contributed by atoms with E-state index in [9.17, 15) is 14.0 Å². The molecule has 3 heterocycles. The molecule has 0 aliphatic carbocycles. The van der Waals surface area contributed by atoms with Crippen LogP contribution >= 0.6 is 0 Å². The Hall–Kier alpha value is -2.51. The van der Waals surface area contributed by atoms with E-state index < -0.39 is 0 Å². The minimum absolute atomic E-state index is 0.190. The van der Waals surface area contributed by atoms with Crippen LogP contribution in [0.2, 0.25) is 0 Å². The topological polar surface area (TPSA) is 54.8 Å². The maximum absolute atomic E-state index is 14.0. The first-order valence-electron chi connectivity index (χ1n) is 12.5. The smallest absolute Gasteiger partial charge is 0.259 e. The van der Waals surface area contributed by atoms with Crippen LogP contribution in [0.3, 0.4) is 0 Å². The van der Waals surface area contributed by atoms with Crippen molar-refractivity contribution in [2.45, 2.75) is 46.1 Å². The molecule has 7 heteroatoms. The van der Waals surface area contributed by atoms with Crippen LogP contribution in [0.1, 0.15) is 53.5 Å². The van der Waals surface area contributed by atoms with E-state index in [1.54, 1.807) is 12.1 Å². The Kier molecular flexibility index (Phi) is 8.16. The maximum Gasteiger partial charge on any atom is 0.259 e. The third kappa shape index (κ3) is 5.94. The van der Waals surface area contributed by atoms with Crippen LogP contribution in [0.5, 0.6) is 0 Å². The number of pyridine rings is 1. The third-order valence-electron chi connectivity index (χ3n) is 7.00. The normalized spacial score (nSPS) is 19.4. The largest absolute Gasteiger partial charge is 0.379 e. The van der Waals surface area contributed by atoms with Crippen LogP contribution in [0.25, 0.3) is 0 Å². The van der Waals surface area contributed by atoms with Crippen molar-refractivity contribution in [2.24, 2.45) is 5.92 Å². The number of hydrogen-bond acceptors (Lipinski definition) is 4. The van der Waals surface area contributed by atoms with Crippen molar-refractivity contribution in [1.29, 1.82) is 0 Å². The second kappa shape index (κ2) is 11.3. The Morgan fingerprint density at radius 2 is 1.94 bits per heavy atom. The Balaban J connectivity index is 1.67. The van der Waals surface area contributed by atoms with Gasteiger partial charge >= 0.3 is 0 Å². The minimum Gasteiger partial charge on any atom is -0.379 e. The Bertz CT molecular complexity index is 1060. The highest BCUT2D eigenvalue weighted by atomic mass is 19.1. The third-order valence-corrected chi connectivity index (χ3v) is 7.00. The molecule has 1 aromatic heterocycles. The van der Waals surface area contributed by atoms with Crippen LogP contribution in [-0.2, 0) is 17.7 Å². The summed E-state index contributed by atoms with van der Waals surface area (Å²) in [4.78, 5) is 31.1. The lowest BCUT2D eigenvalue weighted by Crippen LogP contribution is -2.42. The average Bonchev–Trinajstić information content (AvgIpc) is 2.81. The molecule has 0 N–H and O–H groups in total. The van der Waals surface area contributed by atoms with Gasteiger partial charge in [-0.2, -0.15) is 0 Å². The molecule has 6 nitrogen and oxygen atoms in total. The van der Waals surface area contributed by atoms with E-state index in [4.69, 9.17) is 4.74 Å². The molecule has 0 bridgehead atoms. The molecule has 0 spiro atoms. The van der Waals surface area contributed by atoms with E-state index in [0.717, 1.165) is 63.4 Å². The highest BCUT2D eigenvalue weighted by Crippen LogP contribution is 2.21. The maximum atomic E-state index is 14.0. The number of hydrogen-bond donors (Lipinski definition) is 0. The van der Waals surface area contributed by atoms with E-state index >= 15 is 0 Å². The predicted octanol–water partition coefficient (Wildman–Crippen LogP) is 3.48. The molecule has 2 saturated heterocycles. The first-order valence-corrected chi connectivity index (χ1v) is 12.5. The molecule has 4 rings (SSSR count). The molecule has 34 heavy (non-hydrogen) atoms. The monoisotopic (exact) mass is 469 g/mol. The highest BCUT2D eigenvalue weighted by molar-refractivity contribution is 5.95. The summed E-state index contributed by atoms with van der Waals surface area (Å²) in [5.74, 6) is -0.0838. The number of likely N-dealkylation sites (tertiary alicyclic amines) is 1. The summed E-state index contributed by atoms with van der Waals surface area (Å²) in [6, 6.07) is 8.02. The van der Waals surface area contributed by atoms with Gasteiger partial charge in [0, 0.05) is 63.1 Å². The fourth-order valence-corrected chi connectivity index (χ4v) is 5.20. The second-order valence-corrected chi connectivity index (χ2v) is 9.74. The van der Waals surface area contributed by atoms with Gasteiger partial charge in [-0.3, -0.25) is 14.5 Å². The van der Waals surface area contributed by atoms with Gasteiger partial charge in [-0.1, -0.05) is 19.1 Å². The van der Waals surface area contributed by atoms with E-state index in [-0.39, 0.29) is 22.7 Å². The fourth-order valence-electron chi connectivity index (χ4n) is 5.20. The number of amides is 1. The number of nitrogens with zero attached hydrogens (tertiary/aromatic N) is 3. The summed E-state index contributed by atoms with van der Waals surface area (Å²) in [6.45, 7) is 10.4. The average molecular weight is 470 g/mol. The summed E-state index contributed by atoms with van der Waals surface area (Å²) in [6.07, 6.45) is 3.29. The van der Waals surface area contributed by atoms with Gasteiger partial charge in [0.1, 0.15) is 11.4 Å². The van der Waals surface area contributed by atoms with Crippen LogP contribution < -0.4 is 5.43 Å². The highest BCUT2D eigenvalue weighted by Gasteiger charge is 2.28. The molecule has 1 aromatic carbocycles. The number of rotatable bonds is 7. The van der Waals surface area contributed by atoms with E-state index in [1.807, 2.05) is 17.9 Å². The zero-order valence-corrected chi connectivity index (χ0v) is 20.4. The summed E-state index contributed by atoms with van der Waals surface area (Å²) >= 11 is 0. The van der Waals surface area contributed by atoms with Crippen molar-refractivity contribution in [1.82, 2.24) is 14.4 Å². The first-order chi connectivity index (χ1) is 16.4. The Labute approximate surface area is 201 Å². The van der Waals surface area contributed by atoms with Crippen LogP contribution in [0.15, 0.2) is 35.1 Å². The van der Waals surface area contributed by atoms with Gasteiger partial charge < -0.3 is 14.2 Å². The summed E-state index contributed by atoms with van der Waals surface area (Å²) in [5, 5.41) is 0. The number of aryl methyl sites for hydroxylation is 1. The van der Waals surface area contributed by atoms with Crippen LogP contribution in [0.4, 0.5) is 4.39 Å². The molecule has 1 amide bonds. The van der Waals surface area contributed by atoms with Gasteiger partial charge in [-0.05, 0) is 49.8 Å². The number of carbonyl (C=O) groups is 1. The predicted molar refractivity (Wildman–Crippen MR) is 131 cm³/mol. The minimum atomic E-state index is -0.316. The quantitative estimate of drug-likeness (QED) is 0.623. The van der Waals surface area contributed by atoms with Gasteiger partial charge in [0.15, 0.2) is 5.43 Å². The lowest BCUT2D eigenvalue weighted by Gasteiger charge is -2.32. The number of aromatic nitrogens is 1. The van der Waals surface area contributed by atoms with Gasteiger partial charge in [0.25, 0.3) is 5.91 Å². The van der Waals surface area contributed by atoms with Crippen LogP contribution in [-0.4, -0.2) is 66.2 Å². The van der Waals surface area contributed by atoms with Crippen molar-refractivity contribution in [3.8, 4) is 0 Å². The fraction of sp³-hybridized carbons (Fsp3) is 0.556. The molecule has 0 saturated carbocycles.